The van der Waals surface area contributed by atoms with Crippen molar-refractivity contribution in [2.45, 2.75) is 25.8 Å². The Balaban J connectivity index is 1.77. The molecule has 1 saturated carbocycles. The van der Waals surface area contributed by atoms with Gasteiger partial charge in [0.25, 0.3) is 5.91 Å². The number of rotatable bonds is 4. The van der Waals surface area contributed by atoms with E-state index in [1.165, 1.54) is 24.2 Å². The van der Waals surface area contributed by atoms with Gasteiger partial charge in [0.1, 0.15) is 4.83 Å². The zero-order valence-corrected chi connectivity index (χ0v) is 12.9. The first-order valence-corrected chi connectivity index (χ1v) is 8.06. The highest BCUT2D eigenvalue weighted by Gasteiger charge is 2.29. The second kappa shape index (κ2) is 4.76. The van der Waals surface area contributed by atoms with E-state index in [-0.39, 0.29) is 11.9 Å². The van der Waals surface area contributed by atoms with Crippen LogP contribution in [0.2, 0.25) is 0 Å². The van der Waals surface area contributed by atoms with Crippen LogP contribution in [0.5, 0.6) is 0 Å². The molecule has 1 amide bonds. The number of carbonyl (C=O) groups excluding carboxylic acids is 1. The normalized spacial score (nSPS) is 16.6. The van der Waals surface area contributed by atoms with E-state index in [0.717, 1.165) is 19.5 Å². The highest BCUT2D eigenvalue weighted by atomic mass is 32.1. The van der Waals surface area contributed by atoms with Crippen LogP contribution in [-0.4, -0.2) is 31.0 Å². The third kappa shape index (κ3) is 2.60. The van der Waals surface area contributed by atoms with Crippen LogP contribution in [0.4, 0.5) is 5.13 Å². The van der Waals surface area contributed by atoms with Crippen LogP contribution in [0.25, 0.3) is 9.53 Å². The molecular weight excluding hydrogens is 278 g/mol. The van der Waals surface area contributed by atoms with Gasteiger partial charge in [-0.1, -0.05) is 11.3 Å². The Morgan fingerprint density at radius 2 is 2.21 bits per heavy atom. The van der Waals surface area contributed by atoms with Crippen LogP contribution < -0.4 is 10.2 Å². The number of nitrogens with zero attached hydrogens (tertiary/aromatic N) is 2. The standard InChI is InChI=1S/C13H17N3OS2/c1-7(8-4-5-8)14-11(17)9-6-10-12(18-9)15-13(19-10)16(2)3/h6-8H,4-5H2,1-3H3,(H,14,17). The largest absolute Gasteiger partial charge is 0.354 e. The van der Waals surface area contributed by atoms with Crippen molar-refractivity contribution in [1.82, 2.24) is 10.3 Å². The molecule has 0 bridgehead atoms. The van der Waals surface area contributed by atoms with Crippen LogP contribution >= 0.6 is 22.7 Å². The first-order chi connectivity index (χ1) is 9.04. The molecule has 6 heteroatoms. The van der Waals surface area contributed by atoms with Gasteiger partial charge in [-0.25, -0.2) is 4.98 Å². The molecule has 102 valence electrons. The van der Waals surface area contributed by atoms with E-state index in [1.54, 1.807) is 11.3 Å². The molecule has 0 aliphatic heterocycles. The maximum atomic E-state index is 12.1. The molecule has 0 aromatic carbocycles. The molecule has 2 heterocycles. The lowest BCUT2D eigenvalue weighted by Gasteiger charge is -2.11. The number of anilines is 1. The van der Waals surface area contributed by atoms with E-state index in [1.807, 2.05) is 25.1 Å². The molecule has 1 aliphatic carbocycles. The van der Waals surface area contributed by atoms with Crippen molar-refractivity contribution >= 4 is 43.2 Å². The van der Waals surface area contributed by atoms with Gasteiger partial charge in [-0.2, -0.15) is 0 Å². The van der Waals surface area contributed by atoms with Crippen LogP contribution in [0.15, 0.2) is 6.07 Å². The lowest BCUT2D eigenvalue weighted by Crippen LogP contribution is -2.33. The van der Waals surface area contributed by atoms with E-state index >= 15 is 0 Å². The summed E-state index contributed by atoms with van der Waals surface area (Å²) in [5.41, 5.74) is 0. The predicted octanol–water partition coefficient (Wildman–Crippen LogP) is 2.95. The van der Waals surface area contributed by atoms with Crippen molar-refractivity contribution in [2.75, 3.05) is 19.0 Å². The quantitative estimate of drug-likeness (QED) is 0.943. The predicted molar refractivity (Wildman–Crippen MR) is 81.5 cm³/mol. The smallest absolute Gasteiger partial charge is 0.261 e. The van der Waals surface area contributed by atoms with Crippen LogP contribution in [0.1, 0.15) is 29.4 Å². The van der Waals surface area contributed by atoms with E-state index < -0.39 is 0 Å². The van der Waals surface area contributed by atoms with Gasteiger partial charge in [-0.05, 0) is 31.7 Å². The lowest BCUT2D eigenvalue weighted by atomic mass is 10.2. The molecule has 4 nitrogen and oxygen atoms in total. The molecule has 0 spiro atoms. The van der Waals surface area contributed by atoms with Gasteiger partial charge in [-0.3, -0.25) is 4.79 Å². The Morgan fingerprint density at radius 1 is 1.47 bits per heavy atom. The number of fused-ring (bicyclic) bond motifs is 1. The summed E-state index contributed by atoms with van der Waals surface area (Å²) in [7, 11) is 3.96. The summed E-state index contributed by atoms with van der Waals surface area (Å²) in [5, 5.41) is 4.07. The summed E-state index contributed by atoms with van der Waals surface area (Å²) in [6.45, 7) is 2.09. The highest BCUT2D eigenvalue weighted by Crippen LogP contribution is 2.35. The zero-order valence-electron chi connectivity index (χ0n) is 11.3. The monoisotopic (exact) mass is 295 g/mol. The van der Waals surface area contributed by atoms with Crippen LogP contribution in [0, 0.1) is 5.92 Å². The number of hydrogen-bond acceptors (Lipinski definition) is 5. The minimum absolute atomic E-state index is 0.0426. The maximum absolute atomic E-state index is 12.1. The molecule has 2 aromatic heterocycles. The topological polar surface area (TPSA) is 45.2 Å². The molecule has 19 heavy (non-hydrogen) atoms. The van der Waals surface area contributed by atoms with E-state index in [9.17, 15) is 4.79 Å². The van der Waals surface area contributed by atoms with Crippen LogP contribution in [-0.2, 0) is 0 Å². The molecule has 1 N–H and O–H groups in total. The average molecular weight is 295 g/mol. The van der Waals surface area contributed by atoms with Gasteiger partial charge in [0.05, 0.1) is 9.58 Å². The summed E-state index contributed by atoms with van der Waals surface area (Å²) in [5.74, 6) is 0.726. The summed E-state index contributed by atoms with van der Waals surface area (Å²) in [6, 6.07) is 2.25. The van der Waals surface area contributed by atoms with Crippen molar-refractivity contribution in [1.29, 1.82) is 0 Å². The third-order valence-corrected chi connectivity index (χ3v) is 5.70. The molecule has 0 radical (unpaired) electrons. The van der Waals surface area contributed by atoms with E-state index in [2.05, 4.69) is 17.2 Å². The Hall–Kier alpha value is -1.14. The Labute approximate surface area is 120 Å². The molecule has 3 rings (SSSR count). The summed E-state index contributed by atoms with van der Waals surface area (Å²) >= 11 is 3.10. The first-order valence-electron chi connectivity index (χ1n) is 6.43. The Kier molecular flexibility index (Phi) is 3.22. The SMILES string of the molecule is CC(NC(=O)c1cc2sc(N(C)C)nc2s1)C1CC1. The number of thiophene rings is 1. The van der Waals surface area contributed by atoms with Gasteiger partial charge in [0, 0.05) is 20.1 Å². The van der Waals surface area contributed by atoms with E-state index in [4.69, 9.17) is 0 Å². The number of nitrogens with one attached hydrogen (secondary N) is 1. The number of amides is 1. The fourth-order valence-electron chi connectivity index (χ4n) is 2.02. The fourth-order valence-corrected chi connectivity index (χ4v) is 4.06. The molecule has 1 aliphatic rings. The second-order valence-electron chi connectivity index (χ2n) is 5.27. The molecule has 0 saturated heterocycles. The molecule has 2 aromatic rings. The molecule has 1 unspecified atom stereocenters. The van der Waals surface area contributed by atoms with Crippen molar-refractivity contribution in [3.05, 3.63) is 10.9 Å². The van der Waals surface area contributed by atoms with Gasteiger partial charge in [0.15, 0.2) is 5.13 Å². The summed E-state index contributed by atoms with van der Waals surface area (Å²) in [4.78, 5) is 20.4. The number of aromatic nitrogens is 1. The molecular formula is C13H17N3OS2. The van der Waals surface area contributed by atoms with Gasteiger partial charge in [-0.15, -0.1) is 11.3 Å². The minimum Gasteiger partial charge on any atom is -0.354 e. The summed E-state index contributed by atoms with van der Waals surface area (Å²) < 4.78 is 1.10. The molecule has 1 atom stereocenters. The zero-order chi connectivity index (χ0) is 13.6. The first kappa shape index (κ1) is 12.9. The van der Waals surface area contributed by atoms with E-state index in [0.29, 0.717) is 5.92 Å². The van der Waals surface area contributed by atoms with Gasteiger partial charge in [0.2, 0.25) is 0 Å². The van der Waals surface area contributed by atoms with Gasteiger partial charge < -0.3 is 10.2 Å². The van der Waals surface area contributed by atoms with Crippen molar-refractivity contribution in [3.8, 4) is 0 Å². The van der Waals surface area contributed by atoms with Crippen molar-refractivity contribution in [3.63, 3.8) is 0 Å². The Bertz CT molecular complexity index is 581. The number of thiazole rings is 1. The van der Waals surface area contributed by atoms with Crippen molar-refractivity contribution < 1.29 is 4.79 Å². The maximum Gasteiger partial charge on any atom is 0.261 e. The third-order valence-electron chi connectivity index (χ3n) is 3.37. The second-order valence-corrected chi connectivity index (χ2v) is 7.31. The lowest BCUT2D eigenvalue weighted by molar-refractivity contribution is 0.0940. The highest BCUT2D eigenvalue weighted by molar-refractivity contribution is 7.29. The van der Waals surface area contributed by atoms with Crippen molar-refractivity contribution in [2.24, 2.45) is 5.92 Å². The summed E-state index contributed by atoms with van der Waals surface area (Å²) in [6.07, 6.45) is 2.49. The number of hydrogen-bond donors (Lipinski definition) is 1. The van der Waals surface area contributed by atoms with Gasteiger partial charge >= 0.3 is 0 Å². The fraction of sp³-hybridized carbons (Fsp3) is 0.538. The minimum atomic E-state index is 0.0426. The Morgan fingerprint density at radius 3 is 2.79 bits per heavy atom. The van der Waals surface area contributed by atoms with Crippen LogP contribution in [0.3, 0.4) is 0 Å². The molecule has 1 fully saturated rings. The number of carbonyl (C=O) groups is 1. The average Bonchev–Trinajstić information content (AvgIpc) is 2.99.